The van der Waals surface area contributed by atoms with E-state index >= 15 is 0 Å². The third kappa shape index (κ3) is 5.81. The first kappa shape index (κ1) is 23.4. The maximum Gasteiger partial charge on any atom is 0.490 e. The Kier molecular flexibility index (Phi) is 7.24. The molecular weight excluding hydrogens is 411 g/mol. The summed E-state index contributed by atoms with van der Waals surface area (Å²) < 4.78 is 37.2. The van der Waals surface area contributed by atoms with Gasteiger partial charge in [-0.3, -0.25) is 14.4 Å². The van der Waals surface area contributed by atoms with E-state index in [1.165, 1.54) is 12.3 Å². The maximum absolute atomic E-state index is 12.2. The number of hydrogen-bond donors (Lipinski definition) is 4. The second-order valence-corrected chi connectivity index (χ2v) is 7.17. The van der Waals surface area contributed by atoms with Crippen LogP contribution < -0.4 is 16.1 Å². The SMILES string of the molecule is Cc1cc(=O)c(C(=O)NCC2CC3(CCNCC3)C(=O)O2)c[nH]1.O=C(O)C(F)(F)F. The summed E-state index contributed by atoms with van der Waals surface area (Å²) >= 11 is 0. The molecule has 4 N–H and O–H groups in total. The van der Waals surface area contributed by atoms with Crippen LogP contribution in [0.5, 0.6) is 0 Å². The van der Waals surface area contributed by atoms with Crippen molar-refractivity contribution in [1.82, 2.24) is 15.6 Å². The average molecular weight is 433 g/mol. The van der Waals surface area contributed by atoms with Crippen molar-refractivity contribution in [3.05, 3.63) is 33.7 Å². The number of carbonyl (C=O) groups is 3. The molecule has 0 aliphatic carbocycles. The highest BCUT2D eigenvalue weighted by Crippen LogP contribution is 2.41. The summed E-state index contributed by atoms with van der Waals surface area (Å²) in [4.78, 5) is 47.8. The molecule has 2 fully saturated rings. The smallest absolute Gasteiger partial charge is 0.475 e. The van der Waals surface area contributed by atoms with Gasteiger partial charge in [0.2, 0.25) is 0 Å². The van der Waals surface area contributed by atoms with Crippen molar-refractivity contribution in [3.8, 4) is 0 Å². The van der Waals surface area contributed by atoms with Crippen LogP contribution >= 0.6 is 0 Å². The van der Waals surface area contributed by atoms with Crippen LogP contribution in [0.1, 0.15) is 35.3 Å². The molecule has 3 rings (SSSR count). The van der Waals surface area contributed by atoms with Gasteiger partial charge in [0.05, 0.1) is 12.0 Å². The van der Waals surface area contributed by atoms with Crippen LogP contribution in [-0.4, -0.2) is 59.9 Å². The van der Waals surface area contributed by atoms with Crippen molar-refractivity contribution in [2.45, 2.75) is 38.5 Å². The molecule has 1 amide bonds. The Hall–Kier alpha value is -2.89. The van der Waals surface area contributed by atoms with Gasteiger partial charge >= 0.3 is 18.1 Å². The lowest BCUT2D eigenvalue weighted by Crippen LogP contribution is -2.40. The number of piperidine rings is 1. The quantitative estimate of drug-likeness (QED) is 0.516. The van der Waals surface area contributed by atoms with Gasteiger partial charge in [-0.25, -0.2) is 4.79 Å². The number of aromatic nitrogens is 1. The number of pyridine rings is 1. The fourth-order valence-corrected chi connectivity index (χ4v) is 3.32. The standard InChI is InChI=1S/C16H21N3O4.C2HF3O2/c1-10-6-13(20)12(9-18-10)14(21)19-8-11-7-16(15(22)23-11)2-4-17-5-3-16;3-2(4,5)1(6)7/h6,9,11,17H,2-5,7-8H2,1H3,(H,18,20)(H,19,21);(H,6,7). The zero-order chi connectivity index (χ0) is 22.5. The molecular formula is C18H22F3N3O6. The Balaban J connectivity index is 0.000000396. The number of aliphatic carboxylic acids is 1. The molecule has 2 aliphatic heterocycles. The van der Waals surface area contributed by atoms with Gasteiger partial charge in [0.25, 0.3) is 5.91 Å². The number of esters is 1. The second-order valence-electron chi connectivity index (χ2n) is 7.17. The molecule has 0 bridgehead atoms. The Morgan fingerprint density at radius 1 is 1.30 bits per heavy atom. The van der Waals surface area contributed by atoms with Crippen molar-refractivity contribution in [3.63, 3.8) is 0 Å². The first-order valence-electron chi connectivity index (χ1n) is 9.14. The molecule has 9 nitrogen and oxygen atoms in total. The summed E-state index contributed by atoms with van der Waals surface area (Å²) in [6, 6.07) is 1.38. The molecule has 0 radical (unpaired) electrons. The third-order valence-electron chi connectivity index (χ3n) is 4.92. The van der Waals surface area contributed by atoms with E-state index in [-0.39, 0.29) is 29.6 Å². The molecule has 1 unspecified atom stereocenters. The maximum atomic E-state index is 12.2. The number of cyclic esters (lactones) is 1. The zero-order valence-corrected chi connectivity index (χ0v) is 16.1. The summed E-state index contributed by atoms with van der Waals surface area (Å²) in [6.07, 6.45) is -1.84. The first-order valence-corrected chi connectivity index (χ1v) is 9.14. The number of nitrogens with one attached hydrogen (secondary N) is 3. The number of aromatic amines is 1. The van der Waals surface area contributed by atoms with Crippen LogP contribution in [0.2, 0.25) is 0 Å². The van der Waals surface area contributed by atoms with Crippen molar-refractivity contribution >= 4 is 17.8 Å². The number of halogens is 3. The van der Waals surface area contributed by atoms with Crippen LogP contribution in [0.3, 0.4) is 0 Å². The second kappa shape index (κ2) is 9.28. The summed E-state index contributed by atoms with van der Waals surface area (Å²) in [5.41, 5.74) is 0.0414. The van der Waals surface area contributed by atoms with Crippen molar-refractivity contribution < 1.29 is 37.4 Å². The minimum absolute atomic E-state index is 0.0662. The van der Waals surface area contributed by atoms with E-state index in [9.17, 15) is 27.6 Å². The Morgan fingerprint density at radius 3 is 2.43 bits per heavy atom. The van der Waals surface area contributed by atoms with Gasteiger partial charge in [-0.1, -0.05) is 0 Å². The van der Waals surface area contributed by atoms with Gasteiger partial charge in [-0.05, 0) is 32.9 Å². The van der Waals surface area contributed by atoms with Crippen molar-refractivity contribution in [2.24, 2.45) is 5.41 Å². The topological polar surface area (TPSA) is 138 Å². The summed E-state index contributed by atoms with van der Waals surface area (Å²) in [5, 5.41) is 13.1. The van der Waals surface area contributed by atoms with Crippen LogP contribution in [0.4, 0.5) is 13.2 Å². The van der Waals surface area contributed by atoms with Gasteiger partial charge in [-0.15, -0.1) is 0 Å². The number of carboxylic acid groups (broad SMARTS) is 1. The number of H-pyrrole nitrogens is 1. The lowest BCUT2D eigenvalue weighted by molar-refractivity contribution is -0.192. The van der Waals surface area contributed by atoms with E-state index < -0.39 is 23.5 Å². The minimum atomic E-state index is -5.08. The molecule has 2 aliphatic rings. The molecule has 12 heteroatoms. The number of alkyl halides is 3. The molecule has 1 spiro atoms. The zero-order valence-electron chi connectivity index (χ0n) is 16.1. The molecule has 1 atom stereocenters. The van der Waals surface area contributed by atoms with E-state index in [0.29, 0.717) is 12.1 Å². The highest BCUT2D eigenvalue weighted by molar-refractivity contribution is 5.93. The van der Waals surface area contributed by atoms with E-state index in [4.69, 9.17) is 14.6 Å². The van der Waals surface area contributed by atoms with Gasteiger partial charge in [0.15, 0.2) is 5.43 Å². The Labute approximate surface area is 169 Å². The number of rotatable bonds is 3. The molecule has 3 heterocycles. The van der Waals surface area contributed by atoms with Gasteiger partial charge < -0.3 is 25.5 Å². The highest BCUT2D eigenvalue weighted by Gasteiger charge is 2.49. The first-order chi connectivity index (χ1) is 13.9. The lowest BCUT2D eigenvalue weighted by atomic mass is 9.76. The highest BCUT2D eigenvalue weighted by atomic mass is 19.4. The number of hydrogen-bond acceptors (Lipinski definition) is 6. The molecule has 1 aromatic heterocycles. The van der Waals surface area contributed by atoms with E-state index in [1.807, 2.05) is 0 Å². The van der Waals surface area contributed by atoms with Crippen LogP contribution in [-0.2, 0) is 14.3 Å². The molecule has 1 aromatic rings. The Morgan fingerprint density at radius 2 is 1.90 bits per heavy atom. The number of amides is 1. The molecule has 166 valence electrons. The van der Waals surface area contributed by atoms with Crippen LogP contribution in [0.15, 0.2) is 17.1 Å². The Bertz CT molecular complexity index is 861. The van der Waals surface area contributed by atoms with E-state index in [1.54, 1.807) is 6.92 Å². The van der Waals surface area contributed by atoms with Gasteiger partial charge in [0, 0.05) is 24.4 Å². The predicted molar refractivity (Wildman–Crippen MR) is 96.9 cm³/mol. The third-order valence-corrected chi connectivity index (χ3v) is 4.92. The molecule has 30 heavy (non-hydrogen) atoms. The van der Waals surface area contributed by atoms with Crippen molar-refractivity contribution in [1.29, 1.82) is 0 Å². The average Bonchev–Trinajstić information content (AvgIpc) is 2.95. The molecule has 0 aromatic carbocycles. The summed E-state index contributed by atoms with van der Waals surface area (Å²) in [5.74, 6) is -3.37. The molecule has 2 saturated heterocycles. The lowest BCUT2D eigenvalue weighted by Gasteiger charge is -2.29. The number of aryl methyl sites for hydroxylation is 1. The number of carbonyl (C=O) groups excluding carboxylic acids is 2. The summed E-state index contributed by atoms with van der Waals surface area (Å²) in [7, 11) is 0. The van der Waals surface area contributed by atoms with E-state index in [2.05, 4.69) is 15.6 Å². The monoisotopic (exact) mass is 433 g/mol. The predicted octanol–water partition coefficient (Wildman–Crippen LogP) is 0.732. The largest absolute Gasteiger partial charge is 0.490 e. The van der Waals surface area contributed by atoms with Crippen LogP contribution in [0, 0.1) is 12.3 Å². The normalized spacial score (nSPS) is 20.1. The number of carboxylic acids is 1. The minimum Gasteiger partial charge on any atom is -0.475 e. The van der Waals surface area contributed by atoms with Gasteiger partial charge in [-0.2, -0.15) is 13.2 Å². The molecule has 0 saturated carbocycles. The fourth-order valence-electron chi connectivity index (χ4n) is 3.32. The summed E-state index contributed by atoms with van der Waals surface area (Å²) in [6.45, 7) is 3.60. The number of ether oxygens (including phenoxy) is 1. The van der Waals surface area contributed by atoms with Crippen LogP contribution in [0.25, 0.3) is 0 Å². The fraction of sp³-hybridized carbons (Fsp3) is 0.556. The van der Waals surface area contributed by atoms with E-state index in [0.717, 1.165) is 25.9 Å². The van der Waals surface area contributed by atoms with Crippen molar-refractivity contribution in [2.75, 3.05) is 19.6 Å². The van der Waals surface area contributed by atoms with Gasteiger partial charge in [0.1, 0.15) is 11.7 Å².